The van der Waals surface area contributed by atoms with Crippen LogP contribution in [0, 0.1) is 0 Å². The molecule has 0 saturated heterocycles. The van der Waals surface area contributed by atoms with Gasteiger partial charge in [0.1, 0.15) is 5.82 Å². The molecule has 2 aromatic heterocycles. The Morgan fingerprint density at radius 1 is 0.865 bits per heavy atom. The van der Waals surface area contributed by atoms with E-state index >= 15 is 0 Å². The second-order valence-electron chi connectivity index (χ2n) is 9.99. The lowest BCUT2D eigenvalue weighted by atomic mass is 9.92. The van der Waals surface area contributed by atoms with Crippen molar-refractivity contribution in [1.82, 2.24) is 14.3 Å². The number of anilines is 2. The van der Waals surface area contributed by atoms with Crippen LogP contribution in [0.2, 0.25) is 0 Å². The SMILES string of the molecule is CC(C)(C)c1cc(NC(=O)Nc2cccc3ccccc23)n(-c2cccc(Cn3c(O)ccc3O)c2)n1. The predicted molar refractivity (Wildman–Crippen MR) is 146 cm³/mol. The van der Waals surface area contributed by atoms with Crippen molar-refractivity contribution in [3.8, 4) is 17.4 Å². The van der Waals surface area contributed by atoms with E-state index in [9.17, 15) is 15.0 Å². The lowest BCUT2D eigenvalue weighted by Crippen LogP contribution is -2.21. The zero-order valence-electron chi connectivity index (χ0n) is 20.9. The molecule has 0 spiro atoms. The van der Waals surface area contributed by atoms with Gasteiger partial charge in [-0.25, -0.2) is 9.48 Å². The van der Waals surface area contributed by atoms with Gasteiger partial charge in [-0.05, 0) is 29.1 Å². The minimum Gasteiger partial charge on any atom is -0.494 e. The van der Waals surface area contributed by atoms with Crippen molar-refractivity contribution >= 4 is 28.3 Å². The Bertz CT molecular complexity index is 1570. The number of nitrogens with one attached hydrogen (secondary N) is 2. The fourth-order valence-electron chi connectivity index (χ4n) is 4.22. The Kier molecular flexibility index (Phi) is 6.09. The van der Waals surface area contributed by atoms with Crippen molar-refractivity contribution in [2.75, 3.05) is 10.6 Å². The number of hydrogen-bond donors (Lipinski definition) is 4. The fraction of sp³-hybridized carbons (Fsp3) is 0.172. The third kappa shape index (κ3) is 4.99. The van der Waals surface area contributed by atoms with Crippen molar-refractivity contribution in [3.63, 3.8) is 0 Å². The van der Waals surface area contributed by atoms with Crippen LogP contribution in [0.4, 0.5) is 16.3 Å². The minimum absolute atomic E-state index is 0.0236. The third-order valence-corrected chi connectivity index (χ3v) is 6.19. The maximum absolute atomic E-state index is 13.1. The van der Waals surface area contributed by atoms with E-state index < -0.39 is 0 Å². The smallest absolute Gasteiger partial charge is 0.324 e. The van der Waals surface area contributed by atoms with E-state index in [-0.39, 0.29) is 29.8 Å². The molecule has 5 rings (SSSR count). The van der Waals surface area contributed by atoms with E-state index in [1.165, 1.54) is 16.7 Å². The summed E-state index contributed by atoms with van der Waals surface area (Å²) in [6.07, 6.45) is 0. The molecule has 0 unspecified atom stereocenters. The zero-order chi connectivity index (χ0) is 26.2. The molecule has 0 saturated carbocycles. The molecular formula is C29H29N5O3. The number of rotatable bonds is 5. The number of aromatic nitrogens is 3. The lowest BCUT2D eigenvalue weighted by molar-refractivity contribution is 0.262. The van der Waals surface area contributed by atoms with E-state index in [2.05, 4.69) is 31.4 Å². The molecule has 0 fully saturated rings. The Balaban J connectivity index is 1.46. The summed E-state index contributed by atoms with van der Waals surface area (Å²) < 4.78 is 3.10. The van der Waals surface area contributed by atoms with Crippen molar-refractivity contribution in [2.24, 2.45) is 0 Å². The largest absolute Gasteiger partial charge is 0.494 e. The second kappa shape index (κ2) is 9.39. The van der Waals surface area contributed by atoms with Crippen LogP contribution in [0.25, 0.3) is 16.5 Å². The molecule has 0 aliphatic carbocycles. The minimum atomic E-state index is -0.378. The van der Waals surface area contributed by atoms with Crippen LogP contribution in [0.5, 0.6) is 11.8 Å². The standard InChI is InChI=1S/C29H29N5O3/c1-29(2,3)24-17-25(31-28(37)30-23-13-7-10-20-9-4-5-12-22(20)23)34(32-24)21-11-6-8-19(16-21)18-33-26(35)14-15-27(33)36/h4-17,35-36H,18H2,1-3H3,(H2,30,31,37). The van der Waals surface area contributed by atoms with Crippen LogP contribution in [-0.2, 0) is 12.0 Å². The van der Waals surface area contributed by atoms with Crippen LogP contribution in [0.3, 0.4) is 0 Å². The van der Waals surface area contributed by atoms with Crippen molar-refractivity contribution in [2.45, 2.75) is 32.7 Å². The summed E-state index contributed by atoms with van der Waals surface area (Å²) in [5.74, 6) is 0.473. The number of aromatic hydroxyl groups is 2. The van der Waals surface area contributed by atoms with Gasteiger partial charge in [0.25, 0.3) is 0 Å². The molecule has 0 radical (unpaired) electrons. The van der Waals surface area contributed by atoms with Gasteiger partial charge in [0.15, 0.2) is 11.8 Å². The van der Waals surface area contributed by atoms with Gasteiger partial charge >= 0.3 is 6.03 Å². The molecule has 0 bridgehead atoms. The van der Waals surface area contributed by atoms with Crippen molar-refractivity contribution < 1.29 is 15.0 Å². The molecule has 0 atom stereocenters. The first-order valence-corrected chi connectivity index (χ1v) is 12.0. The highest BCUT2D eigenvalue weighted by Gasteiger charge is 2.22. The average Bonchev–Trinajstić information content (AvgIpc) is 3.43. The van der Waals surface area contributed by atoms with Gasteiger partial charge in [-0.2, -0.15) is 5.10 Å². The highest BCUT2D eigenvalue weighted by atomic mass is 16.3. The first-order valence-electron chi connectivity index (χ1n) is 12.0. The molecule has 0 aliphatic rings. The molecule has 37 heavy (non-hydrogen) atoms. The van der Waals surface area contributed by atoms with Gasteiger partial charge in [-0.15, -0.1) is 0 Å². The number of carbonyl (C=O) groups is 1. The van der Waals surface area contributed by atoms with E-state index in [1.54, 1.807) is 4.68 Å². The van der Waals surface area contributed by atoms with Crippen LogP contribution >= 0.6 is 0 Å². The quantitative estimate of drug-likeness (QED) is 0.232. The van der Waals surface area contributed by atoms with E-state index in [0.717, 1.165) is 27.7 Å². The highest BCUT2D eigenvalue weighted by molar-refractivity contribution is 6.06. The lowest BCUT2D eigenvalue weighted by Gasteiger charge is -2.14. The van der Waals surface area contributed by atoms with Crippen LogP contribution in [0.1, 0.15) is 32.0 Å². The van der Waals surface area contributed by atoms with Crippen molar-refractivity contribution in [1.29, 1.82) is 0 Å². The Morgan fingerprint density at radius 2 is 1.57 bits per heavy atom. The van der Waals surface area contributed by atoms with Gasteiger partial charge in [0.05, 0.1) is 23.6 Å². The number of carbonyl (C=O) groups excluding carboxylic acids is 1. The number of nitrogens with zero attached hydrogens (tertiary/aromatic N) is 3. The summed E-state index contributed by atoms with van der Waals surface area (Å²) in [6.45, 7) is 6.46. The summed E-state index contributed by atoms with van der Waals surface area (Å²) in [6, 6.07) is 25.6. The highest BCUT2D eigenvalue weighted by Crippen LogP contribution is 2.29. The number of fused-ring (bicyclic) bond motifs is 1. The normalized spacial score (nSPS) is 11.5. The van der Waals surface area contributed by atoms with Gasteiger partial charge < -0.3 is 15.5 Å². The monoisotopic (exact) mass is 495 g/mol. The first-order chi connectivity index (χ1) is 17.7. The molecule has 2 amide bonds. The van der Waals surface area contributed by atoms with E-state index in [0.29, 0.717) is 11.5 Å². The molecule has 188 valence electrons. The number of amides is 2. The van der Waals surface area contributed by atoms with Crippen LogP contribution < -0.4 is 10.6 Å². The molecule has 5 aromatic rings. The number of urea groups is 1. The van der Waals surface area contributed by atoms with E-state index in [1.807, 2.05) is 72.8 Å². The third-order valence-electron chi connectivity index (χ3n) is 6.19. The maximum atomic E-state index is 13.1. The van der Waals surface area contributed by atoms with Gasteiger partial charge in [-0.3, -0.25) is 9.88 Å². The molecule has 2 heterocycles. The molecule has 4 N–H and O–H groups in total. The Morgan fingerprint density at radius 3 is 2.32 bits per heavy atom. The summed E-state index contributed by atoms with van der Waals surface area (Å²) in [5.41, 5.74) is 2.87. The van der Waals surface area contributed by atoms with Gasteiger partial charge in [0, 0.05) is 29.0 Å². The molecule has 8 heteroatoms. The van der Waals surface area contributed by atoms with E-state index in [4.69, 9.17) is 5.10 Å². The zero-order valence-corrected chi connectivity index (χ0v) is 20.9. The average molecular weight is 496 g/mol. The summed E-state index contributed by atoms with van der Waals surface area (Å²) >= 11 is 0. The summed E-state index contributed by atoms with van der Waals surface area (Å²) in [4.78, 5) is 13.1. The van der Waals surface area contributed by atoms with Crippen LogP contribution in [0.15, 0.2) is 84.9 Å². The molecule has 0 aliphatic heterocycles. The fourth-order valence-corrected chi connectivity index (χ4v) is 4.22. The first kappa shape index (κ1) is 24.0. The summed E-state index contributed by atoms with van der Waals surface area (Å²) in [5, 5.41) is 32.8. The summed E-state index contributed by atoms with van der Waals surface area (Å²) in [7, 11) is 0. The molecule has 3 aromatic carbocycles. The Hall–Kier alpha value is -4.72. The number of benzene rings is 3. The maximum Gasteiger partial charge on any atom is 0.324 e. The topological polar surface area (TPSA) is 104 Å². The van der Waals surface area contributed by atoms with Gasteiger partial charge in [0.2, 0.25) is 0 Å². The van der Waals surface area contributed by atoms with Crippen LogP contribution in [-0.4, -0.2) is 30.6 Å². The Labute approximate surface area is 214 Å². The van der Waals surface area contributed by atoms with Crippen molar-refractivity contribution in [3.05, 3.63) is 96.2 Å². The molecular weight excluding hydrogens is 466 g/mol. The predicted octanol–water partition coefficient (Wildman–Crippen LogP) is 6.23. The molecule has 8 nitrogen and oxygen atoms in total. The number of hydrogen-bond acceptors (Lipinski definition) is 4. The second-order valence-corrected chi connectivity index (χ2v) is 9.99. The van der Waals surface area contributed by atoms with Gasteiger partial charge in [-0.1, -0.05) is 69.3 Å².